The lowest BCUT2D eigenvalue weighted by Gasteiger charge is -2.35. The number of fused-ring (bicyclic) bond motifs is 4. The smallest absolute Gasteiger partial charge is 0.151 e. The van der Waals surface area contributed by atoms with Crippen LogP contribution in [0.15, 0.2) is 97.1 Å². The van der Waals surface area contributed by atoms with Gasteiger partial charge in [-0.3, -0.25) is 0 Å². The zero-order valence-electron chi connectivity index (χ0n) is 30.5. The fourth-order valence-corrected chi connectivity index (χ4v) is 9.71. The third-order valence-electron chi connectivity index (χ3n) is 12.4. The molecule has 2 aromatic heterocycles. The van der Waals surface area contributed by atoms with E-state index in [4.69, 9.17) is 9.97 Å². The number of halogens is 2. The summed E-state index contributed by atoms with van der Waals surface area (Å²) < 4.78 is 32.4. The molecule has 6 heterocycles. The van der Waals surface area contributed by atoms with Crippen LogP contribution < -0.4 is 20.4 Å². The van der Waals surface area contributed by atoms with Gasteiger partial charge in [-0.2, -0.15) is 0 Å². The van der Waals surface area contributed by atoms with E-state index >= 15 is 8.78 Å². The van der Waals surface area contributed by atoms with E-state index in [1.165, 1.54) is 11.1 Å². The fraction of sp³-hybridized carbons (Fsp3) is 0.289. The normalized spacial score (nSPS) is 21.9. The topological polar surface area (TPSA) is 87.9 Å². The minimum Gasteiger partial charge on any atom is -0.375 e. The highest BCUT2D eigenvalue weighted by atomic mass is 19.1. The molecular formula is C45H42F2N8. The van der Waals surface area contributed by atoms with Crippen molar-refractivity contribution in [2.45, 2.75) is 69.1 Å². The first-order valence-corrected chi connectivity index (χ1v) is 19.7. The fourth-order valence-electron chi connectivity index (χ4n) is 9.71. The Hall–Kier alpha value is -5.90. The predicted octanol–water partition coefficient (Wildman–Crippen LogP) is 10.2. The van der Waals surface area contributed by atoms with Gasteiger partial charge >= 0.3 is 0 Å². The van der Waals surface area contributed by atoms with Crippen molar-refractivity contribution >= 4 is 44.8 Å². The molecule has 0 saturated carbocycles. The third kappa shape index (κ3) is 5.60. The van der Waals surface area contributed by atoms with Gasteiger partial charge in [-0.25, -0.2) is 18.7 Å². The summed E-state index contributed by atoms with van der Waals surface area (Å²) in [6.45, 7) is 1.34. The Morgan fingerprint density at radius 1 is 0.582 bits per heavy atom. The van der Waals surface area contributed by atoms with Crippen molar-refractivity contribution in [3.8, 4) is 0 Å². The molecular weight excluding hydrogens is 691 g/mol. The molecule has 7 aromatic rings. The molecule has 0 bridgehead atoms. The van der Waals surface area contributed by atoms with Crippen molar-refractivity contribution in [1.29, 1.82) is 0 Å². The molecule has 2 saturated heterocycles. The molecule has 10 heteroatoms. The van der Waals surface area contributed by atoms with Gasteiger partial charge < -0.3 is 30.4 Å². The SMILES string of the molecule is Fc1cc(N2[C@@H](c3ccc4nc([C@@H]5Cc6ccccc6N5)[nH]c4c3)CC[C@H]2c2ccc3nc([C@@H]4Cc5ccccc5N4)[nH]c3c2)cc(F)c1N1CCCCC1. The molecule has 4 N–H and O–H groups in total. The molecule has 2 fully saturated rings. The Bertz CT molecular complexity index is 2370. The molecule has 5 aromatic carbocycles. The van der Waals surface area contributed by atoms with Crippen molar-refractivity contribution in [3.63, 3.8) is 0 Å². The largest absolute Gasteiger partial charge is 0.375 e. The molecule has 0 radical (unpaired) electrons. The first-order valence-electron chi connectivity index (χ1n) is 19.7. The number of imidazole rings is 2. The first kappa shape index (κ1) is 32.5. The Kier molecular flexibility index (Phi) is 7.60. The van der Waals surface area contributed by atoms with Crippen LogP contribution in [0.1, 0.15) is 90.2 Å². The van der Waals surface area contributed by atoms with Crippen LogP contribution in [0.25, 0.3) is 22.1 Å². The van der Waals surface area contributed by atoms with Gasteiger partial charge in [0.25, 0.3) is 0 Å². The van der Waals surface area contributed by atoms with E-state index in [0.717, 1.165) is 101 Å². The number of rotatable bonds is 6. The number of H-pyrrole nitrogens is 2. The Labute approximate surface area is 318 Å². The molecule has 4 aliphatic heterocycles. The second-order valence-electron chi connectivity index (χ2n) is 15.7. The maximum absolute atomic E-state index is 16.2. The van der Waals surface area contributed by atoms with Crippen LogP contribution in [0, 0.1) is 11.6 Å². The summed E-state index contributed by atoms with van der Waals surface area (Å²) in [7, 11) is 0. The number of para-hydroxylation sites is 2. The monoisotopic (exact) mass is 732 g/mol. The van der Waals surface area contributed by atoms with Gasteiger partial charge in [0.15, 0.2) is 11.6 Å². The van der Waals surface area contributed by atoms with E-state index in [1.807, 2.05) is 4.90 Å². The highest BCUT2D eigenvalue weighted by molar-refractivity contribution is 5.78. The number of anilines is 4. The molecule has 8 nitrogen and oxygen atoms in total. The summed E-state index contributed by atoms with van der Waals surface area (Å²) in [5, 5.41) is 7.24. The number of nitrogens with one attached hydrogen (secondary N) is 4. The van der Waals surface area contributed by atoms with Crippen LogP contribution in [0.3, 0.4) is 0 Å². The number of hydrogen-bond acceptors (Lipinski definition) is 6. The van der Waals surface area contributed by atoms with Crippen molar-refractivity contribution < 1.29 is 8.78 Å². The zero-order chi connectivity index (χ0) is 36.6. The van der Waals surface area contributed by atoms with Gasteiger partial charge in [-0.05, 0) is 103 Å². The molecule has 0 amide bonds. The molecule has 4 aliphatic rings. The number of piperidine rings is 1. The summed E-state index contributed by atoms with van der Waals surface area (Å²) in [5.41, 5.74) is 11.4. The van der Waals surface area contributed by atoms with E-state index in [2.05, 4.69) is 110 Å². The summed E-state index contributed by atoms with van der Waals surface area (Å²) in [4.78, 5) is 21.3. The second kappa shape index (κ2) is 12.9. The molecule has 55 heavy (non-hydrogen) atoms. The zero-order valence-corrected chi connectivity index (χ0v) is 30.5. The number of hydrogen-bond donors (Lipinski definition) is 4. The lowest BCUT2D eigenvalue weighted by atomic mass is 10.0. The van der Waals surface area contributed by atoms with Crippen LogP contribution >= 0.6 is 0 Å². The minimum atomic E-state index is -0.501. The average Bonchev–Trinajstić information content (AvgIpc) is 4.05. The summed E-state index contributed by atoms with van der Waals surface area (Å²) in [6.07, 6.45) is 6.38. The number of benzene rings is 5. The van der Waals surface area contributed by atoms with E-state index in [1.54, 1.807) is 12.1 Å². The van der Waals surface area contributed by atoms with Crippen LogP contribution in [-0.2, 0) is 12.8 Å². The number of nitrogens with zero attached hydrogens (tertiary/aromatic N) is 4. The number of aromatic amines is 2. The molecule has 11 rings (SSSR count). The highest BCUT2D eigenvalue weighted by Gasteiger charge is 2.37. The van der Waals surface area contributed by atoms with Gasteiger partial charge in [-0.15, -0.1) is 0 Å². The van der Waals surface area contributed by atoms with Crippen molar-refractivity contribution in [3.05, 3.63) is 143 Å². The lowest BCUT2D eigenvalue weighted by molar-refractivity contribution is 0.529. The standard InChI is InChI=1S/C45H42F2N8/c46-31-24-30(25-32(47)43(31)54-18-6-1-7-19-54)55-41(28-12-14-35-37(22-28)52-44(50-35)39-20-26-8-2-4-10-33(26)48-39)16-17-42(55)29-13-15-36-38(23-29)53-45(51-36)40-21-27-9-3-5-11-34(27)49-40/h2-5,8-15,22-25,39-42,48-49H,1,6-7,16-21H2,(H,50,52)(H,51,53)/t39-,40-,41-,42+/m0/s1. The van der Waals surface area contributed by atoms with Gasteiger partial charge in [0.05, 0.1) is 46.2 Å². The van der Waals surface area contributed by atoms with Crippen molar-refractivity contribution in [2.75, 3.05) is 33.5 Å². The maximum atomic E-state index is 16.2. The summed E-state index contributed by atoms with van der Waals surface area (Å²) in [6, 6.07) is 32.6. The van der Waals surface area contributed by atoms with Gasteiger partial charge in [0, 0.05) is 43.0 Å². The Morgan fingerprint density at radius 2 is 1.09 bits per heavy atom. The first-order chi connectivity index (χ1) is 27.0. The van der Waals surface area contributed by atoms with Gasteiger partial charge in [-0.1, -0.05) is 48.5 Å². The number of aromatic nitrogens is 4. The summed E-state index contributed by atoms with van der Waals surface area (Å²) in [5.74, 6) is 0.814. The highest BCUT2D eigenvalue weighted by Crippen LogP contribution is 2.49. The molecule has 0 aliphatic carbocycles. The van der Waals surface area contributed by atoms with E-state index in [-0.39, 0.29) is 29.9 Å². The second-order valence-corrected chi connectivity index (χ2v) is 15.7. The lowest BCUT2D eigenvalue weighted by Crippen LogP contribution is -2.31. The van der Waals surface area contributed by atoms with E-state index in [9.17, 15) is 0 Å². The third-order valence-corrected chi connectivity index (χ3v) is 12.4. The van der Waals surface area contributed by atoms with Gasteiger partial charge in [0.1, 0.15) is 17.3 Å². The van der Waals surface area contributed by atoms with Crippen LogP contribution in [-0.4, -0.2) is 33.0 Å². The van der Waals surface area contributed by atoms with Crippen molar-refractivity contribution in [1.82, 2.24) is 19.9 Å². The maximum Gasteiger partial charge on any atom is 0.151 e. The van der Waals surface area contributed by atoms with E-state index in [0.29, 0.717) is 18.8 Å². The van der Waals surface area contributed by atoms with Crippen LogP contribution in [0.4, 0.5) is 31.5 Å². The van der Waals surface area contributed by atoms with E-state index < -0.39 is 11.6 Å². The molecule has 0 unspecified atom stereocenters. The molecule has 0 spiro atoms. The van der Waals surface area contributed by atoms with Crippen LogP contribution in [0.5, 0.6) is 0 Å². The quantitative estimate of drug-likeness (QED) is 0.136. The van der Waals surface area contributed by atoms with Gasteiger partial charge in [0.2, 0.25) is 0 Å². The molecule has 276 valence electrons. The average molecular weight is 733 g/mol. The van der Waals surface area contributed by atoms with Crippen LogP contribution in [0.2, 0.25) is 0 Å². The molecule has 4 atom stereocenters. The van der Waals surface area contributed by atoms with Crippen molar-refractivity contribution in [2.24, 2.45) is 0 Å². The Balaban J connectivity index is 0.948. The predicted molar refractivity (Wildman–Crippen MR) is 215 cm³/mol. The summed E-state index contributed by atoms with van der Waals surface area (Å²) >= 11 is 0. The minimum absolute atomic E-state index is 0.0719. The Morgan fingerprint density at radius 3 is 1.60 bits per heavy atom.